The van der Waals surface area contributed by atoms with Gasteiger partial charge in [0.25, 0.3) is 0 Å². The zero-order valence-corrected chi connectivity index (χ0v) is 15.5. The molecule has 2 aliphatic rings. The van der Waals surface area contributed by atoms with Crippen molar-refractivity contribution in [1.82, 2.24) is 0 Å². The van der Waals surface area contributed by atoms with Crippen molar-refractivity contribution in [3.63, 3.8) is 0 Å². The van der Waals surface area contributed by atoms with E-state index in [0.717, 1.165) is 24.8 Å². The van der Waals surface area contributed by atoms with Crippen molar-refractivity contribution in [3.05, 3.63) is 23.8 Å². The Balaban J connectivity index is 1.82. The van der Waals surface area contributed by atoms with Crippen molar-refractivity contribution >= 4 is 31.4 Å². The Kier molecular flexibility index (Phi) is 4.79. The third-order valence-corrected chi connectivity index (χ3v) is 8.54. The predicted octanol–water partition coefficient (Wildman–Crippen LogP) is 2.61. The minimum Gasteiger partial charge on any atom is -0.283 e. The Labute approximate surface area is 144 Å². The van der Waals surface area contributed by atoms with Crippen LogP contribution in [0.5, 0.6) is 0 Å². The average molecular weight is 373 g/mol. The first-order valence-electron chi connectivity index (χ1n) is 8.42. The summed E-state index contributed by atoms with van der Waals surface area (Å²) in [5, 5.41) is -0.319. The summed E-state index contributed by atoms with van der Waals surface area (Å²) in [5.41, 5.74) is 1.89. The summed E-state index contributed by atoms with van der Waals surface area (Å²) in [7, 11) is -6.64. The van der Waals surface area contributed by atoms with E-state index in [1.165, 1.54) is 4.31 Å². The van der Waals surface area contributed by atoms with E-state index < -0.39 is 20.0 Å². The molecule has 1 saturated heterocycles. The van der Waals surface area contributed by atoms with E-state index >= 15 is 0 Å². The summed E-state index contributed by atoms with van der Waals surface area (Å²) in [6.45, 7) is 2.29. The lowest BCUT2D eigenvalue weighted by Gasteiger charge is -2.29. The zero-order chi connectivity index (χ0) is 17.4. The number of hydrogen-bond donors (Lipinski definition) is 1. The molecule has 0 aromatic heterocycles. The van der Waals surface area contributed by atoms with Crippen LogP contribution in [0.2, 0.25) is 0 Å². The van der Waals surface area contributed by atoms with Crippen LogP contribution in [0.25, 0.3) is 0 Å². The number of nitrogens with one attached hydrogen (secondary N) is 1. The van der Waals surface area contributed by atoms with Gasteiger partial charge in [0.2, 0.25) is 20.0 Å². The van der Waals surface area contributed by atoms with E-state index in [1.807, 2.05) is 6.92 Å². The standard InChI is InChI=1S/C16H24N2O4S2/c1-13-12-14(17-24(21,22)15-6-2-3-7-15)8-9-16(13)18-10-4-5-11-23(18,19)20/h8-9,12,15,17H,2-7,10-11H2,1H3. The molecular weight excluding hydrogens is 348 g/mol. The maximum absolute atomic E-state index is 12.4. The Morgan fingerprint density at radius 3 is 2.46 bits per heavy atom. The van der Waals surface area contributed by atoms with Crippen LogP contribution < -0.4 is 9.03 Å². The minimum absolute atomic E-state index is 0.169. The van der Waals surface area contributed by atoms with Crippen LogP contribution in [0.3, 0.4) is 0 Å². The Morgan fingerprint density at radius 1 is 1.12 bits per heavy atom. The third kappa shape index (κ3) is 3.54. The second-order valence-electron chi connectivity index (χ2n) is 6.65. The number of hydrogen-bond acceptors (Lipinski definition) is 4. The fourth-order valence-electron chi connectivity index (χ4n) is 3.50. The molecule has 1 aromatic carbocycles. The molecule has 0 amide bonds. The average Bonchev–Trinajstić information content (AvgIpc) is 3.03. The molecule has 24 heavy (non-hydrogen) atoms. The zero-order valence-electron chi connectivity index (χ0n) is 13.9. The van der Waals surface area contributed by atoms with Gasteiger partial charge in [-0.3, -0.25) is 9.03 Å². The maximum Gasteiger partial charge on any atom is 0.235 e. The largest absolute Gasteiger partial charge is 0.283 e. The number of sulfonamides is 2. The molecule has 2 fully saturated rings. The molecule has 3 rings (SSSR count). The van der Waals surface area contributed by atoms with Crippen LogP contribution in [0, 0.1) is 6.92 Å². The first kappa shape index (κ1) is 17.5. The summed E-state index contributed by atoms with van der Waals surface area (Å²) in [6.07, 6.45) is 4.86. The van der Waals surface area contributed by atoms with Crippen molar-refractivity contribution in [1.29, 1.82) is 0 Å². The van der Waals surface area contributed by atoms with E-state index in [9.17, 15) is 16.8 Å². The lowest BCUT2D eigenvalue weighted by atomic mass is 10.1. The molecule has 0 atom stereocenters. The molecule has 0 bridgehead atoms. The van der Waals surface area contributed by atoms with E-state index in [-0.39, 0.29) is 11.0 Å². The molecule has 0 spiro atoms. The topological polar surface area (TPSA) is 83.6 Å². The Morgan fingerprint density at radius 2 is 1.83 bits per heavy atom. The van der Waals surface area contributed by atoms with Crippen LogP contribution in [-0.2, 0) is 20.0 Å². The second kappa shape index (κ2) is 6.55. The SMILES string of the molecule is Cc1cc(NS(=O)(=O)C2CCCC2)ccc1N1CCCCS1(=O)=O. The molecule has 1 N–H and O–H groups in total. The lowest BCUT2D eigenvalue weighted by molar-refractivity contribution is 0.574. The first-order valence-corrected chi connectivity index (χ1v) is 11.6. The maximum atomic E-state index is 12.4. The third-order valence-electron chi connectivity index (χ3n) is 4.82. The smallest absolute Gasteiger partial charge is 0.235 e. The number of benzene rings is 1. The van der Waals surface area contributed by atoms with Crippen molar-refractivity contribution in [2.24, 2.45) is 0 Å². The molecule has 0 unspecified atom stereocenters. The molecular formula is C16H24N2O4S2. The van der Waals surface area contributed by atoms with Gasteiger partial charge in [-0.25, -0.2) is 16.8 Å². The highest BCUT2D eigenvalue weighted by Crippen LogP contribution is 2.31. The quantitative estimate of drug-likeness (QED) is 0.880. The number of rotatable bonds is 4. The molecule has 1 aliphatic carbocycles. The molecule has 1 aromatic rings. The van der Waals surface area contributed by atoms with Crippen molar-refractivity contribution < 1.29 is 16.8 Å². The fourth-order valence-corrected chi connectivity index (χ4v) is 6.78. The minimum atomic E-state index is -3.37. The van der Waals surface area contributed by atoms with Crippen LogP contribution in [0.15, 0.2) is 18.2 Å². The Hall–Kier alpha value is -1.28. The summed E-state index contributed by atoms with van der Waals surface area (Å²) in [5.74, 6) is 0.169. The van der Waals surface area contributed by atoms with E-state index in [0.29, 0.717) is 37.2 Å². The van der Waals surface area contributed by atoms with Crippen molar-refractivity contribution in [2.45, 2.75) is 50.7 Å². The van der Waals surface area contributed by atoms with Gasteiger partial charge in [-0.2, -0.15) is 0 Å². The second-order valence-corrected chi connectivity index (χ2v) is 10.6. The molecule has 1 aliphatic heterocycles. The first-order chi connectivity index (χ1) is 11.3. The molecule has 1 heterocycles. The predicted molar refractivity (Wildman–Crippen MR) is 96.3 cm³/mol. The number of anilines is 2. The molecule has 1 saturated carbocycles. The van der Waals surface area contributed by atoms with Gasteiger partial charge >= 0.3 is 0 Å². The van der Waals surface area contributed by atoms with Gasteiger partial charge in [0.1, 0.15) is 0 Å². The van der Waals surface area contributed by atoms with Gasteiger partial charge in [-0.05, 0) is 56.4 Å². The van der Waals surface area contributed by atoms with Gasteiger partial charge in [0, 0.05) is 12.2 Å². The monoisotopic (exact) mass is 372 g/mol. The highest BCUT2D eigenvalue weighted by molar-refractivity contribution is 7.93. The molecule has 6 nitrogen and oxygen atoms in total. The van der Waals surface area contributed by atoms with Crippen molar-refractivity contribution in [2.75, 3.05) is 21.3 Å². The summed E-state index contributed by atoms with van der Waals surface area (Å²) < 4.78 is 53.3. The molecule has 0 radical (unpaired) electrons. The van der Waals surface area contributed by atoms with Gasteiger partial charge in [0.15, 0.2) is 0 Å². The molecule has 8 heteroatoms. The van der Waals surface area contributed by atoms with Gasteiger partial charge in [0.05, 0.1) is 16.7 Å². The summed E-state index contributed by atoms with van der Waals surface area (Å²) in [4.78, 5) is 0. The molecule has 134 valence electrons. The fraction of sp³-hybridized carbons (Fsp3) is 0.625. The van der Waals surface area contributed by atoms with Gasteiger partial charge in [-0.1, -0.05) is 12.8 Å². The van der Waals surface area contributed by atoms with Gasteiger partial charge in [-0.15, -0.1) is 0 Å². The van der Waals surface area contributed by atoms with E-state index in [1.54, 1.807) is 18.2 Å². The van der Waals surface area contributed by atoms with Crippen LogP contribution in [0.1, 0.15) is 44.1 Å². The number of aryl methyl sites for hydroxylation is 1. The van der Waals surface area contributed by atoms with E-state index in [2.05, 4.69) is 4.72 Å². The van der Waals surface area contributed by atoms with E-state index in [4.69, 9.17) is 0 Å². The van der Waals surface area contributed by atoms with Crippen molar-refractivity contribution in [3.8, 4) is 0 Å². The van der Waals surface area contributed by atoms with Crippen LogP contribution in [0.4, 0.5) is 11.4 Å². The number of nitrogens with zero attached hydrogens (tertiary/aromatic N) is 1. The lowest BCUT2D eigenvalue weighted by Crippen LogP contribution is -2.38. The van der Waals surface area contributed by atoms with Crippen LogP contribution in [-0.4, -0.2) is 34.4 Å². The van der Waals surface area contributed by atoms with Gasteiger partial charge < -0.3 is 0 Å². The summed E-state index contributed by atoms with van der Waals surface area (Å²) >= 11 is 0. The highest BCUT2D eigenvalue weighted by Gasteiger charge is 2.30. The Bertz CT molecular complexity index is 812. The normalized spacial score (nSPS) is 21.8. The summed E-state index contributed by atoms with van der Waals surface area (Å²) in [6, 6.07) is 5.07. The van der Waals surface area contributed by atoms with Crippen LogP contribution >= 0.6 is 0 Å². The highest BCUT2D eigenvalue weighted by atomic mass is 32.2.